The minimum Gasteiger partial charge on any atom is -0.379 e. The van der Waals surface area contributed by atoms with Crippen molar-refractivity contribution < 1.29 is 17.4 Å². The van der Waals surface area contributed by atoms with Crippen molar-refractivity contribution in [2.45, 2.75) is 9.24 Å². The number of carbonyl (C=O) groups excluding carboxylic acids is 1. The molecule has 0 aliphatic carbocycles. The number of nitrogens with one attached hydrogen (secondary N) is 1. The van der Waals surface area contributed by atoms with E-state index < -0.39 is 10.1 Å². The Morgan fingerprint density at radius 1 is 0.972 bits per heavy atom. The van der Waals surface area contributed by atoms with Gasteiger partial charge in [-0.3, -0.25) is 4.79 Å². The summed E-state index contributed by atoms with van der Waals surface area (Å²) in [4.78, 5) is 16.7. The number of hydrogen-bond donors (Lipinski definition) is 1. The number of thiazole rings is 1. The Morgan fingerprint density at radius 2 is 1.78 bits per heavy atom. The summed E-state index contributed by atoms with van der Waals surface area (Å²) in [6, 6.07) is 26.6. The Morgan fingerprint density at radius 3 is 2.64 bits per heavy atom. The summed E-state index contributed by atoms with van der Waals surface area (Å²) in [7, 11) is -4.02. The quantitative estimate of drug-likeness (QED) is 0.123. The molecule has 0 aliphatic heterocycles. The number of amides is 1. The number of aromatic nitrogens is 1. The van der Waals surface area contributed by atoms with Gasteiger partial charge in [0.1, 0.15) is 10.6 Å². The van der Waals surface area contributed by atoms with Crippen LogP contribution in [0.2, 0.25) is 0 Å². The molecular formula is C26H19N3O4S3. The maximum Gasteiger partial charge on any atom is 0.339 e. The predicted molar refractivity (Wildman–Crippen MR) is 144 cm³/mol. The third kappa shape index (κ3) is 5.73. The van der Waals surface area contributed by atoms with Crippen LogP contribution in [0.25, 0.3) is 21.0 Å². The maximum atomic E-state index is 12.8. The molecule has 5 aromatic rings. The van der Waals surface area contributed by atoms with Crippen LogP contribution in [0.1, 0.15) is 5.56 Å². The molecule has 0 aliphatic rings. The zero-order valence-electron chi connectivity index (χ0n) is 18.7. The second-order valence-corrected chi connectivity index (χ2v) is 11.4. The second kappa shape index (κ2) is 10.5. The molecular weight excluding hydrogens is 515 g/mol. The van der Waals surface area contributed by atoms with Gasteiger partial charge in [0.25, 0.3) is 5.91 Å². The highest BCUT2D eigenvalue weighted by Crippen LogP contribution is 2.29. The van der Waals surface area contributed by atoms with Crippen molar-refractivity contribution in [3.8, 4) is 5.75 Å². The Balaban J connectivity index is 1.19. The highest BCUT2D eigenvalue weighted by Gasteiger charge is 2.17. The Hall–Kier alpha value is -3.73. The Kier molecular flexibility index (Phi) is 6.99. The molecule has 180 valence electrons. The molecule has 0 spiro atoms. The van der Waals surface area contributed by atoms with Crippen LogP contribution in [0.5, 0.6) is 5.75 Å². The van der Waals surface area contributed by atoms with Crippen LogP contribution in [-0.2, 0) is 14.9 Å². The summed E-state index contributed by atoms with van der Waals surface area (Å²) in [5, 5.41) is 5.71. The van der Waals surface area contributed by atoms with Crippen molar-refractivity contribution >= 4 is 66.3 Å². The molecule has 5 rings (SSSR count). The number of nitrogens with zero attached hydrogens (tertiary/aromatic N) is 2. The van der Waals surface area contributed by atoms with Crippen LogP contribution in [0.15, 0.2) is 105 Å². The normalized spacial score (nSPS) is 11.8. The molecule has 1 N–H and O–H groups in total. The van der Waals surface area contributed by atoms with Gasteiger partial charge in [-0.05, 0) is 52.7 Å². The van der Waals surface area contributed by atoms with Gasteiger partial charge in [-0.15, -0.1) is 11.3 Å². The standard InChI is InChI=1S/C26H19N3O4S3/c30-25(17-34-26-28-23-10-3-4-11-24(23)35-26)29-27-16-18-6-5-9-21(14-18)33-36(31,32)22-13-12-19-7-1-2-8-20(19)15-22/h1-16H,17H2,(H,29,30)/b27-16-. The first-order chi connectivity index (χ1) is 17.5. The summed E-state index contributed by atoms with van der Waals surface area (Å²) in [6.45, 7) is 0. The van der Waals surface area contributed by atoms with Crippen LogP contribution >= 0.6 is 23.1 Å². The molecule has 0 unspecified atom stereocenters. The van der Waals surface area contributed by atoms with Gasteiger partial charge in [0.2, 0.25) is 0 Å². The van der Waals surface area contributed by atoms with E-state index in [1.54, 1.807) is 30.3 Å². The van der Waals surface area contributed by atoms with Crippen molar-refractivity contribution in [2.24, 2.45) is 5.10 Å². The largest absolute Gasteiger partial charge is 0.379 e. The molecule has 0 fully saturated rings. The van der Waals surface area contributed by atoms with Crippen molar-refractivity contribution in [1.82, 2.24) is 10.4 Å². The van der Waals surface area contributed by atoms with Gasteiger partial charge >= 0.3 is 10.1 Å². The Bertz CT molecular complexity index is 1660. The SMILES string of the molecule is O=C(CSc1nc2ccccc2s1)N/N=C\c1cccc(OS(=O)(=O)c2ccc3ccccc3c2)c1. The van der Waals surface area contributed by atoms with Crippen LogP contribution < -0.4 is 9.61 Å². The second-order valence-electron chi connectivity index (χ2n) is 7.65. The summed E-state index contributed by atoms with van der Waals surface area (Å²) in [6.07, 6.45) is 1.43. The summed E-state index contributed by atoms with van der Waals surface area (Å²) < 4.78 is 32.8. The van der Waals surface area contributed by atoms with E-state index in [4.69, 9.17) is 4.18 Å². The van der Waals surface area contributed by atoms with Crippen LogP contribution in [0, 0.1) is 0 Å². The fourth-order valence-electron chi connectivity index (χ4n) is 3.40. The van der Waals surface area contributed by atoms with E-state index in [1.807, 2.05) is 48.5 Å². The Labute approximate surface area is 216 Å². The summed E-state index contributed by atoms with van der Waals surface area (Å²) >= 11 is 2.88. The number of thioether (sulfide) groups is 1. The molecule has 0 radical (unpaired) electrons. The van der Waals surface area contributed by atoms with Crippen molar-refractivity contribution in [2.75, 3.05) is 5.75 Å². The molecule has 1 aromatic heterocycles. The lowest BCUT2D eigenvalue weighted by molar-refractivity contribution is -0.118. The van der Waals surface area contributed by atoms with E-state index in [0.717, 1.165) is 25.3 Å². The lowest BCUT2D eigenvalue weighted by Gasteiger charge is -2.08. The average molecular weight is 534 g/mol. The van der Waals surface area contributed by atoms with Crippen LogP contribution in [-0.4, -0.2) is 31.3 Å². The summed E-state index contributed by atoms with van der Waals surface area (Å²) in [5.41, 5.74) is 3.95. The van der Waals surface area contributed by atoms with Crippen LogP contribution in [0.3, 0.4) is 0 Å². The van der Waals surface area contributed by atoms with Crippen LogP contribution in [0.4, 0.5) is 0 Å². The first-order valence-electron chi connectivity index (χ1n) is 10.8. The molecule has 7 nitrogen and oxygen atoms in total. The molecule has 1 heterocycles. The molecule has 0 bridgehead atoms. The zero-order valence-corrected chi connectivity index (χ0v) is 21.1. The van der Waals surface area contributed by atoms with E-state index >= 15 is 0 Å². The maximum absolute atomic E-state index is 12.8. The van der Waals surface area contributed by atoms with Gasteiger partial charge in [0.15, 0.2) is 4.34 Å². The third-order valence-corrected chi connectivity index (χ3v) is 8.50. The molecule has 0 atom stereocenters. The smallest absolute Gasteiger partial charge is 0.339 e. The topological polar surface area (TPSA) is 97.7 Å². The fraction of sp³-hybridized carbons (Fsp3) is 0.0385. The molecule has 0 saturated heterocycles. The van der Waals surface area contributed by atoms with E-state index in [0.29, 0.717) is 5.56 Å². The average Bonchev–Trinajstić information content (AvgIpc) is 3.30. The van der Waals surface area contributed by atoms with Crippen molar-refractivity contribution in [1.29, 1.82) is 0 Å². The number of fused-ring (bicyclic) bond motifs is 2. The minimum atomic E-state index is -4.02. The molecule has 4 aromatic carbocycles. The molecule has 36 heavy (non-hydrogen) atoms. The van der Waals surface area contributed by atoms with E-state index in [-0.39, 0.29) is 22.3 Å². The predicted octanol–water partition coefficient (Wildman–Crippen LogP) is 5.46. The monoisotopic (exact) mass is 533 g/mol. The zero-order chi connectivity index (χ0) is 25.0. The number of hydrazone groups is 1. The van der Waals surface area contributed by atoms with Gasteiger partial charge in [0.05, 0.1) is 22.2 Å². The highest BCUT2D eigenvalue weighted by atomic mass is 32.2. The van der Waals surface area contributed by atoms with Gasteiger partial charge < -0.3 is 4.18 Å². The fourth-order valence-corrected chi connectivity index (χ4v) is 6.22. The minimum absolute atomic E-state index is 0.0677. The summed E-state index contributed by atoms with van der Waals surface area (Å²) in [5.74, 6) is 0.0382. The number of para-hydroxylation sites is 1. The van der Waals surface area contributed by atoms with Gasteiger partial charge in [0, 0.05) is 0 Å². The van der Waals surface area contributed by atoms with E-state index in [9.17, 15) is 13.2 Å². The number of benzene rings is 4. The lowest BCUT2D eigenvalue weighted by atomic mass is 10.1. The highest BCUT2D eigenvalue weighted by molar-refractivity contribution is 8.01. The number of hydrogen-bond acceptors (Lipinski definition) is 8. The molecule has 10 heteroatoms. The number of carbonyl (C=O) groups is 1. The van der Waals surface area contributed by atoms with Crippen molar-refractivity contribution in [3.05, 3.63) is 96.6 Å². The first-order valence-corrected chi connectivity index (χ1v) is 14.0. The van der Waals surface area contributed by atoms with E-state index in [1.165, 1.54) is 41.4 Å². The molecule has 1 amide bonds. The third-order valence-electron chi connectivity index (χ3n) is 5.08. The van der Waals surface area contributed by atoms with Gasteiger partial charge in [-0.1, -0.05) is 66.4 Å². The van der Waals surface area contributed by atoms with Gasteiger partial charge in [-0.2, -0.15) is 13.5 Å². The number of rotatable bonds is 8. The molecule has 0 saturated carbocycles. The first kappa shape index (κ1) is 24.0. The van der Waals surface area contributed by atoms with Crippen molar-refractivity contribution in [3.63, 3.8) is 0 Å². The van der Waals surface area contributed by atoms with E-state index in [2.05, 4.69) is 15.5 Å². The van der Waals surface area contributed by atoms with Gasteiger partial charge in [-0.25, -0.2) is 10.4 Å². The lowest BCUT2D eigenvalue weighted by Crippen LogP contribution is -2.19.